The van der Waals surface area contributed by atoms with Gasteiger partial charge in [-0.3, -0.25) is 0 Å². The Kier molecular flexibility index (Phi) is 6.95. The van der Waals surface area contributed by atoms with Crippen molar-refractivity contribution in [3.8, 4) is 17.2 Å². The van der Waals surface area contributed by atoms with Gasteiger partial charge in [-0.15, -0.1) is 0 Å². The van der Waals surface area contributed by atoms with Crippen LogP contribution in [0.25, 0.3) is 0 Å². The van der Waals surface area contributed by atoms with E-state index in [1.54, 1.807) is 0 Å². The van der Waals surface area contributed by atoms with Gasteiger partial charge >= 0.3 is 6.09 Å². The van der Waals surface area contributed by atoms with E-state index >= 15 is 0 Å². The number of nitrogens with zero attached hydrogens (tertiary/aromatic N) is 1. The minimum Gasteiger partial charge on any atom is -0.492 e. The molecule has 5 heteroatoms. The van der Waals surface area contributed by atoms with E-state index in [0.717, 1.165) is 24.3 Å². The van der Waals surface area contributed by atoms with Crippen molar-refractivity contribution in [3.63, 3.8) is 0 Å². The van der Waals surface area contributed by atoms with Crippen LogP contribution in [-0.2, 0) is 0 Å². The van der Waals surface area contributed by atoms with Gasteiger partial charge in [-0.05, 0) is 42.8 Å². The zero-order chi connectivity index (χ0) is 17.2. The molecule has 0 bridgehead atoms. The lowest BCUT2D eigenvalue weighted by atomic mass is 10.3. The first-order valence-electron chi connectivity index (χ1n) is 8.12. The third-order valence-corrected chi connectivity index (χ3v) is 3.48. The van der Waals surface area contributed by atoms with E-state index in [-0.39, 0.29) is 0 Å². The van der Waals surface area contributed by atoms with Crippen LogP contribution < -0.4 is 9.47 Å². The standard InChI is InChI=1S/C19H23NO4/c1-2-3-13-20(19(21)22)14-15-23-16-9-11-18(12-10-16)24-17-7-5-4-6-8-17/h4-12H,2-3,13-15H2,1H3,(H,21,22). The normalized spacial score (nSPS) is 10.2. The largest absolute Gasteiger partial charge is 0.492 e. The van der Waals surface area contributed by atoms with Crippen molar-refractivity contribution in [2.24, 2.45) is 0 Å². The molecule has 0 aliphatic rings. The number of ether oxygens (including phenoxy) is 2. The Hall–Kier alpha value is -2.69. The molecule has 0 spiro atoms. The molecule has 128 valence electrons. The molecule has 2 aromatic carbocycles. The molecule has 0 atom stereocenters. The fourth-order valence-electron chi connectivity index (χ4n) is 2.15. The fraction of sp³-hybridized carbons (Fsp3) is 0.316. The Balaban J connectivity index is 1.80. The highest BCUT2D eigenvalue weighted by Crippen LogP contribution is 2.23. The highest BCUT2D eigenvalue weighted by Gasteiger charge is 2.10. The van der Waals surface area contributed by atoms with Gasteiger partial charge in [0, 0.05) is 6.54 Å². The van der Waals surface area contributed by atoms with Crippen LogP contribution in [0.3, 0.4) is 0 Å². The summed E-state index contributed by atoms with van der Waals surface area (Å²) in [6.45, 7) is 3.27. The summed E-state index contributed by atoms with van der Waals surface area (Å²) in [5.41, 5.74) is 0. The average Bonchev–Trinajstić information content (AvgIpc) is 2.60. The van der Waals surface area contributed by atoms with Crippen molar-refractivity contribution in [1.29, 1.82) is 0 Å². The Bertz CT molecular complexity index is 613. The summed E-state index contributed by atoms with van der Waals surface area (Å²) in [4.78, 5) is 12.5. The van der Waals surface area contributed by atoms with Gasteiger partial charge in [0.05, 0.1) is 6.54 Å². The summed E-state index contributed by atoms with van der Waals surface area (Å²) >= 11 is 0. The van der Waals surface area contributed by atoms with Crippen molar-refractivity contribution in [2.45, 2.75) is 19.8 Å². The number of para-hydroxylation sites is 1. The molecule has 0 aromatic heterocycles. The smallest absolute Gasteiger partial charge is 0.407 e. The molecule has 0 aliphatic carbocycles. The Morgan fingerprint density at radius 3 is 2.21 bits per heavy atom. The first-order valence-corrected chi connectivity index (χ1v) is 8.12. The molecule has 1 N–H and O–H groups in total. The molecule has 2 aromatic rings. The van der Waals surface area contributed by atoms with Gasteiger partial charge in [0.1, 0.15) is 23.9 Å². The number of unbranched alkanes of at least 4 members (excludes halogenated alkanes) is 1. The lowest BCUT2D eigenvalue weighted by molar-refractivity contribution is 0.134. The molecule has 0 heterocycles. The van der Waals surface area contributed by atoms with Crippen LogP contribution in [0.5, 0.6) is 17.2 Å². The average molecular weight is 329 g/mol. The van der Waals surface area contributed by atoms with Crippen LogP contribution in [0.4, 0.5) is 4.79 Å². The summed E-state index contributed by atoms with van der Waals surface area (Å²) in [6.07, 6.45) is 0.921. The van der Waals surface area contributed by atoms with Crippen molar-refractivity contribution in [1.82, 2.24) is 4.90 Å². The highest BCUT2D eigenvalue weighted by atomic mass is 16.5. The fourth-order valence-corrected chi connectivity index (χ4v) is 2.15. The van der Waals surface area contributed by atoms with Crippen LogP contribution in [0.1, 0.15) is 19.8 Å². The second kappa shape index (κ2) is 9.45. The lowest BCUT2D eigenvalue weighted by Crippen LogP contribution is -2.34. The van der Waals surface area contributed by atoms with Gasteiger partial charge in [-0.1, -0.05) is 31.5 Å². The maximum absolute atomic E-state index is 11.1. The van der Waals surface area contributed by atoms with Crippen LogP contribution >= 0.6 is 0 Å². The molecule has 0 fully saturated rings. The molecule has 0 radical (unpaired) electrons. The third kappa shape index (κ3) is 5.83. The van der Waals surface area contributed by atoms with E-state index in [1.165, 1.54) is 4.90 Å². The Labute approximate surface area is 142 Å². The maximum atomic E-state index is 11.1. The monoisotopic (exact) mass is 329 g/mol. The minimum atomic E-state index is -0.904. The van der Waals surface area contributed by atoms with Gasteiger partial charge in [0.2, 0.25) is 0 Å². The van der Waals surface area contributed by atoms with E-state index in [9.17, 15) is 4.79 Å². The van der Waals surface area contributed by atoms with Crippen LogP contribution in [0, 0.1) is 0 Å². The lowest BCUT2D eigenvalue weighted by Gasteiger charge is -2.19. The first kappa shape index (κ1) is 17.7. The first-order chi connectivity index (χ1) is 11.7. The highest BCUT2D eigenvalue weighted by molar-refractivity contribution is 5.64. The van der Waals surface area contributed by atoms with E-state index in [1.807, 2.05) is 61.5 Å². The molecule has 0 unspecified atom stereocenters. The summed E-state index contributed by atoms with van der Waals surface area (Å²) in [5, 5.41) is 9.13. The van der Waals surface area contributed by atoms with Gasteiger partial charge in [-0.25, -0.2) is 4.79 Å². The summed E-state index contributed by atoms with van der Waals surface area (Å²) in [5.74, 6) is 2.19. The number of carboxylic acid groups (broad SMARTS) is 1. The topological polar surface area (TPSA) is 59.0 Å². The number of rotatable bonds is 9. The molecule has 1 amide bonds. The summed E-state index contributed by atoms with van der Waals surface area (Å²) in [7, 11) is 0. The van der Waals surface area contributed by atoms with Gasteiger partial charge in [-0.2, -0.15) is 0 Å². The molecule has 5 nitrogen and oxygen atoms in total. The van der Waals surface area contributed by atoms with Crippen molar-refractivity contribution in [3.05, 3.63) is 54.6 Å². The predicted molar refractivity (Wildman–Crippen MR) is 93.0 cm³/mol. The van der Waals surface area contributed by atoms with E-state index in [0.29, 0.717) is 25.4 Å². The molecular weight excluding hydrogens is 306 g/mol. The quantitative estimate of drug-likeness (QED) is 0.728. The molecular formula is C19H23NO4. The van der Waals surface area contributed by atoms with Crippen molar-refractivity contribution in [2.75, 3.05) is 19.7 Å². The predicted octanol–water partition coefficient (Wildman–Crippen LogP) is 4.64. The van der Waals surface area contributed by atoms with Gasteiger partial charge in [0.15, 0.2) is 0 Å². The third-order valence-electron chi connectivity index (χ3n) is 3.48. The number of hydrogen-bond donors (Lipinski definition) is 1. The summed E-state index contributed by atoms with van der Waals surface area (Å²) < 4.78 is 11.3. The number of carbonyl (C=O) groups is 1. The number of benzene rings is 2. The zero-order valence-electron chi connectivity index (χ0n) is 13.9. The number of hydrogen-bond acceptors (Lipinski definition) is 3. The molecule has 0 saturated heterocycles. The minimum absolute atomic E-state index is 0.328. The van der Waals surface area contributed by atoms with E-state index in [2.05, 4.69) is 0 Å². The second-order valence-corrected chi connectivity index (χ2v) is 5.36. The van der Waals surface area contributed by atoms with Crippen molar-refractivity contribution >= 4 is 6.09 Å². The molecule has 0 aliphatic heterocycles. The summed E-state index contributed by atoms with van der Waals surface area (Å²) in [6, 6.07) is 16.8. The van der Waals surface area contributed by atoms with Crippen LogP contribution in [0.15, 0.2) is 54.6 Å². The maximum Gasteiger partial charge on any atom is 0.407 e. The molecule has 24 heavy (non-hydrogen) atoms. The SMILES string of the molecule is CCCCN(CCOc1ccc(Oc2ccccc2)cc1)C(=O)O. The van der Waals surface area contributed by atoms with E-state index < -0.39 is 6.09 Å². The molecule has 0 saturated carbocycles. The van der Waals surface area contributed by atoms with E-state index in [4.69, 9.17) is 14.6 Å². The van der Waals surface area contributed by atoms with Crippen LogP contribution in [-0.4, -0.2) is 35.8 Å². The number of amides is 1. The van der Waals surface area contributed by atoms with Gasteiger partial charge in [0.25, 0.3) is 0 Å². The van der Waals surface area contributed by atoms with Gasteiger partial charge < -0.3 is 19.5 Å². The second-order valence-electron chi connectivity index (χ2n) is 5.36. The zero-order valence-corrected chi connectivity index (χ0v) is 13.9. The Morgan fingerprint density at radius 1 is 0.958 bits per heavy atom. The Morgan fingerprint density at radius 2 is 1.58 bits per heavy atom. The van der Waals surface area contributed by atoms with Crippen LogP contribution in [0.2, 0.25) is 0 Å². The van der Waals surface area contributed by atoms with Crippen molar-refractivity contribution < 1.29 is 19.4 Å². The molecule has 2 rings (SSSR count).